The summed E-state index contributed by atoms with van der Waals surface area (Å²) in [6.07, 6.45) is 2.58. The highest BCUT2D eigenvalue weighted by Crippen LogP contribution is 2.32. The van der Waals surface area contributed by atoms with E-state index >= 15 is 0 Å². The minimum absolute atomic E-state index is 0.0544. The van der Waals surface area contributed by atoms with Gasteiger partial charge in [0.25, 0.3) is 0 Å². The summed E-state index contributed by atoms with van der Waals surface area (Å²) in [5.74, 6) is -2.93. The quantitative estimate of drug-likeness (QED) is 0.417. The normalized spacial score (nSPS) is 19.8. The number of anilines is 1. The summed E-state index contributed by atoms with van der Waals surface area (Å²) in [7, 11) is 1.41. The Morgan fingerprint density at radius 2 is 1.92 bits per heavy atom. The Morgan fingerprint density at radius 1 is 1.13 bits per heavy atom. The molecule has 3 atom stereocenters. The molecule has 1 aliphatic heterocycles. The van der Waals surface area contributed by atoms with Crippen molar-refractivity contribution in [1.82, 2.24) is 20.0 Å². The molecule has 1 unspecified atom stereocenters. The zero-order valence-electron chi connectivity index (χ0n) is 20.9. The fraction of sp³-hybridized carbons (Fsp3) is 0.370. The zero-order chi connectivity index (χ0) is 26.8. The second-order valence-electron chi connectivity index (χ2n) is 9.62. The molecule has 0 bridgehead atoms. The number of urea groups is 1. The lowest BCUT2D eigenvalue weighted by Gasteiger charge is -2.23. The smallest absolute Gasteiger partial charge is 0.323 e. The number of rotatable bonds is 8. The van der Waals surface area contributed by atoms with Gasteiger partial charge in [0.1, 0.15) is 11.9 Å². The standard InChI is InChI=1S/C27H29F2N5O4/c1-38-15-24(26(35)36)33-13-19(16-10-11-20(28)21(29)12-16)23(14-33)30-27(37)31-25-18-8-5-9-22(18)32-34(25)17-6-3-2-4-7-17/h2-4,6-7,10-12,19,23-24H,5,8-9,13-15H2,1H3,(H,35,36)(H2,30,31,37)/t19-,23+,24?/m0/s1. The van der Waals surface area contributed by atoms with Crippen molar-refractivity contribution in [3.05, 3.63) is 77.0 Å². The van der Waals surface area contributed by atoms with Gasteiger partial charge in [-0.05, 0) is 49.1 Å². The van der Waals surface area contributed by atoms with Crippen LogP contribution in [0.3, 0.4) is 0 Å². The maximum atomic E-state index is 14.1. The van der Waals surface area contributed by atoms with Gasteiger partial charge in [0, 0.05) is 31.7 Å². The number of carbonyl (C=O) groups is 2. The number of carbonyl (C=O) groups excluding carboxylic acids is 1. The number of nitrogens with one attached hydrogen (secondary N) is 2. The first-order valence-electron chi connectivity index (χ1n) is 12.5. The minimum Gasteiger partial charge on any atom is -0.480 e. The van der Waals surface area contributed by atoms with Gasteiger partial charge in [-0.25, -0.2) is 18.3 Å². The average Bonchev–Trinajstić information content (AvgIpc) is 3.61. The van der Waals surface area contributed by atoms with E-state index < -0.39 is 41.6 Å². The van der Waals surface area contributed by atoms with Crippen LogP contribution in [-0.2, 0) is 22.4 Å². The number of fused-ring (bicyclic) bond motifs is 1. The molecule has 2 aliphatic rings. The highest BCUT2D eigenvalue weighted by molar-refractivity contribution is 5.90. The van der Waals surface area contributed by atoms with Gasteiger partial charge >= 0.3 is 12.0 Å². The molecule has 3 N–H and O–H groups in total. The monoisotopic (exact) mass is 525 g/mol. The van der Waals surface area contributed by atoms with E-state index in [0.717, 1.165) is 48.3 Å². The summed E-state index contributed by atoms with van der Waals surface area (Å²) < 4.78 is 34.5. The van der Waals surface area contributed by atoms with Gasteiger partial charge in [-0.3, -0.25) is 15.0 Å². The summed E-state index contributed by atoms with van der Waals surface area (Å²) in [6.45, 7) is 0.350. The Bertz CT molecular complexity index is 1330. The Morgan fingerprint density at radius 3 is 2.63 bits per heavy atom. The first-order valence-corrected chi connectivity index (χ1v) is 12.5. The number of para-hydroxylation sites is 1. The highest BCUT2D eigenvalue weighted by atomic mass is 19.2. The number of aryl methyl sites for hydroxylation is 1. The number of carboxylic acid groups (broad SMARTS) is 1. The molecule has 3 aromatic rings. The van der Waals surface area contributed by atoms with E-state index in [9.17, 15) is 23.5 Å². The van der Waals surface area contributed by atoms with Crippen molar-refractivity contribution in [2.45, 2.75) is 37.3 Å². The van der Waals surface area contributed by atoms with Crippen LogP contribution in [0.25, 0.3) is 5.69 Å². The van der Waals surface area contributed by atoms with Crippen LogP contribution in [-0.4, -0.2) is 70.7 Å². The molecular weight excluding hydrogens is 496 g/mol. The lowest BCUT2D eigenvalue weighted by atomic mass is 9.94. The van der Waals surface area contributed by atoms with Crippen molar-refractivity contribution in [3.8, 4) is 5.69 Å². The molecule has 5 rings (SSSR count). The fourth-order valence-electron chi connectivity index (χ4n) is 5.39. The molecule has 1 aromatic heterocycles. The lowest BCUT2D eigenvalue weighted by molar-refractivity contribution is -0.144. The van der Waals surface area contributed by atoms with Gasteiger partial charge in [0.05, 0.1) is 24.0 Å². The number of aliphatic carboxylic acids is 1. The summed E-state index contributed by atoms with van der Waals surface area (Å²) in [4.78, 5) is 26.9. The van der Waals surface area contributed by atoms with Crippen LogP contribution in [0.1, 0.15) is 29.2 Å². The van der Waals surface area contributed by atoms with E-state index in [1.165, 1.54) is 13.2 Å². The SMILES string of the molecule is COCC(C(=O)O)N1C[C@@H](NC(=O)Nc2c3c(nn2-c2ccccc2)CCC3)[C@H](c2ccc(F)c(F)c2)C1. The number of nitrogens with zero attached hydrogens (tertiary/aromatic N) is 3. The molecule has 2 amide bonds. The predicted molar refractivity (Wildman–Crippen MR) is 136 cm³/mol. The summed E-state index contributed by atoms with van der Waals surface area (Å²) in [6, 6.07) is 11.1. The van der Waals surface area contributed by atoms with E-state index in [4.69, 9.17) is 9.84 Å². The number of aromatic nitrogens is 2. The molecule has 38 heavy (non-hydrogen) atoms. The van der Waals surface area contributed by atoms with Gasteiger partial charge in [0.15, 0.2) is 11.6 Å². The Balaban J connectivity index is 1.40. The van der Waals surface area contributed by atoms with Crippen LogP contribution in [0.5, 0.6) is 0 Å². The molecule has 200 valence electrons. The van der Waals surface area contributed by atoms with Crippen LogP contribution in [0.2, 0.25) is 0 Å². The van der Waals surface area contributed by atoms with Crippen molar-refractivity contribution in [1.29, 1.82) is 0 Å². The third kappa shape index (κ3) is 5.11. The number of ether oxygens (including phenoxy) is 1. The Kier molecular flexibility index (Phi) is 7.39. The third-order valence-corrected chi connectivity index (χ3v) is 7.23. The van der Waals surface area contributed by atoms with Gasteiger partial charge in [0.2, 0.25) is 0 Å². The van der Waals surface area contributed by atoms with E-state index in [1.54, 1.807) is 9.58 Å². The van der Waals surface area contributed by atoms with Gasteiger partial charge in [-0.15, -0.1) is 0 Å². The van der Waals surface area contributed by atoms with Crippen LogP contribution in [0.4, 0.5) is 19.4 Å². The van der Waals surface area contributed by atoms with E-state index in [-0.39, 0.29) is 19.7 Å². The highest BCUT2D eigenvalue weighted by Gasteiger charge is 2.40. The molecule has 1 fully saturated rings. The maximum Gasteiger partial charge on any atom is 0.323 e. The topological polar surface area (TPSA) is 109 Å². The number of halogens is 2. The van der Waals surface area contributed by atoms with Gasteiger partial charge < -0.3 is 15.2 Å². The Labute approximate surface area is 218 Å². The van der Waals surface area contributed by atoms with Crippen LogP contribution >= 0.6 is 0 Å². The number of amides is 2. The zero-order valence-corrected chi connectivity index (χ0v) is 20.9. The van der Waals surface area contributed by atoms with Crippen molar-refractivity contribution in [2.75, 3.05) is 32.1 Å². The second-order valence-corrected chi connectivity index (χ2v) is 9.62. The molecule has 1 saturated heterocycles. The van der Waals surface area contributed by atoms with Crippen LogP contribution < -0.4 is 10.6 Å². The third-order valence-electron chi connectivity index (χ3n) is 7.23. The van der Waals surface area contributed by atoms with E-state index in [2.05, 4.69) is 10.6 Å². The van der Waals surface area contributed by atoms with Crippen LogP contribution in [0, 0.1) is 11.6 Å². The Hall–Kier alpha value is -3.83. The van der Waals surface area contributed by atoms with Gasteiger partial charge in [-0.1, -0.05) is 24.3 Å². The maximum absolute atomic E-state index is 14.1. The van der Waals surface area contributed by atoms with E-state index in [1.807, 2.05) is 30.3 Å². The number of benzene rings is 2. The second kappa shape index (κ2) is 10.9. The lowest BCUT2D eigenvalue weighted by Crippen LogP contribution is -2.46. The van der Waals surface area contributed by atoms with Crippen molar-refractivity contribution >= 4 is 17.8 Å². The summed E-state index contributed by atoms with van der Waals surface area (Å²) in [5, 5.41) is 20.4. The minimum atomic E-state index is -1.07. The number of carboxylic acids is 1. The predicted octanol–water partition coefficient (Wildman–Crippen LogP) is 3.33. The number of hydrogen-bond acceptors (Lipinski definition) is 5. The average molecular weight is 526 g/mol. The molecule has 2 aromatic carbocycles. The van der Waals surface area contributed by atoms with Crippen molar-refractivity contribution in [3.63, 3.8) is 0 Å². The molecule has 0 saturated carbocycles. The fourth-order valence-corrected chi connectivity index (χ4v) is 5.39. The van der Waals surface area contributed by atoms with Crippen LogP contribution in [0.15, 0.2) is 48.5 Å². The molecule has 2 heterocycles. The first-order chi connectivity index (χ1) is 18.4. The first kappa shape index (κ1) is 25.8. The number of hydrogen-bond donors (Lipinski definition) is 3. The molecular formula is C27H29F2N5O4. The van der Waals surface area contributed by atoms with Crippen molar-refractivity contribution < 1.29 is 28.2 Å². The number of methoxy groups -OCH3 is 1. The van der Waals surface area contributed by atoms with E-state index in [0.29, 0.717) is 11.4 Å². The summed E-state index contributed by atoms with van der Waals surface area (Å²) in [5.41, 5.74) is 3.21. The molecule has 0 radical (unpaired) electrons. The molecule has 11 heteroatoms. The molecule has 9 nitrogen and oxygen atoms in total. The molecule has 0 spiro atoms. The largest absolute Gasteiger partial charge is 0.480 e. The molecule has 1 aliphatic carbocycles. The van der Waals surface area contributed by atoms with Crippen molar-refractivity contribution in [2.24, 2.45) is 0 Å². The summed E-state index contributed by atoms with van der Waals surface area (Å²) >= 11 is 0. The van der Waals surface area contributed by atoms with Gasteiger partial charge in [-0.2, -0.15) is 5.10 Å². The number of likely N-dealkylation sites (tertiary alicyclic amines) is 1.